The highest BCUT2D eigenvalue weighted by atomic mass is 28.5. The van der Waals surface area contributed by atoms with Crippen LogP contribution in [0.4, 0.5) is 0 Å². The molecule has 304 valence electrons. The number of carbonyl (C=O) groups is 4. The van der Waals surface area contributed by atoms with Crippen LogP contribution < -0.4 is 20.7 Å². The van der Waals surface area contributed by atoms with Gasteiger partial charge in [0.25, 0.3) is 0 Å². The van der Waals surface area contributed by atoms with Crippen molar-refractivity contribution in [2.24, 2.45) is 0 Å². The van der Waals surface area contributed by atoms with E-state index in [4.69, 9.17) is 16.5 Å². The molecule has 0 amide bonds. The molecule has 1 aliphatic heterocycles. The Labute approximate surface area is 323 Å². The topological polar surface area (TPSA) is 287 Å². The van der Waals surface area contributed by atoms with Crippen LogP contribution in [0.2, 0.25) is 26.2 Å². The highest BCUT2D eigenvalue weighted by molar-refractivity contribution is 7.06. The average molecular weight is 853 g/mol. The molecular formula is C32H44N4O16Si4. The second-order valence-corrected chi connectivity index (χ2v) is 26.5. The molecule has 4 aromatic rings. The monoisotopic (exact) mass is 852 g/mol. The Morgan fingerprint density at radius 2 is 0.571 bits per heavy atom. The van der Waals surface area contributed by atoms with E-state index in [0.29, 0.717) is 18.3 Å². The lowest BCUT2D eigenvalue weighted by Gasteiger charge is -2.49. The molecule has 5 heterocycles. The summed E-state index contributed by atoms with van der Waals surface area (Å²) < 4.78 is 29.9. The molecule has 0 spiro atoms. The second-order valence-electron chi connectivity index (χ2n) is 13.5. The predicted octanol–water partition coefficient (Wildman–Crippen LogP) is 1.03. The highest BCUT2D eigenvalue weighted by Crippen LogP contribution is 2.39. The van der Waals surface area contributed by atoms with Crippen LogP contribution in [0.3, 0.4) is 0 Å². The van der Waals surface area contributed by atoms with Gasteiger partial charge in [-0.15, -0.1) is 0 Å². The fraction of sp³-hybridized carbons (Fsp3) is 0.375. The van der Waals surface area contributed by atoms with Gasteiger partial charge >= 0.3 is 34.2 Å². The predicted molar refractivity (Wildman–Crippen MR) is 204 cm³/mol. The maximum atomic E-state index is 12.9. The standard InChI is InChI=1S/C32H44N4O16Si4/c1-9-21(37)33-25(41)13-17(29(33)45)53(5)49-54(6,18-14-26(42)34(30(18)46)22(38)10-2)51-56(8,20-16-28(44)36(32(20)48)24(40)12-4)52-55(7,50-53)19-15-27(43)35(31(19)47)23(39)11-3/h13-16,41-48H,9-12H2,1-8H3. The number of rotatable bonds is 8. The minimum absolute atomic E-state index is 0.168. The lowest BCUT2D eigenvalue weighted by molar-refractivity contribution is 0.0880. The Morgan fingerprint density at radius 3 is 0.714 bits per heavy atom. The van der Waals surface area contributed by atoms with E-state index in [1.54, 1.807) is 0 Å². The van der Waals surface area contributed by atoms with Crippen LogP contribution in [0.5, 0.6) is 47.0 Å². The molecule has 0 aromatic carbocycles. The Hall–Kier alpha value is -5.09. The maximum Gasteiger partial charge on any atom is 0.357 e. The molecule has 5 rings (SSSR count). The van der Waals surface area contributed by atoms with Gasteiger partial charge < -0.3 is 57.3 Å². The van der Waals surface area contributed by atoms with Crippen molar-refractivity contribution in [1.29, 1.82) is 0 Å². The first-order chi connectivity index (χ1) is 26.0. The van der Waals surface area contributed by atoms with Gasteiger partial charge in [-0.25, -0.2) is 18.3 Å². The lowest BCUT2D eigenvalue weighted by atomic mass is 10.4. The van der Waals surface area contributed by atoms with Crippen molar-refractivity contribution in [2.45, 2.75) is 79.6 Å². The van der Waals surface area contributed by atoms with Crippen molar-refractivity contribution < 1.29 is 76.5 Å². The van der Waals surface area contributed by atoms with Crippen LogP contribution in [-0.4, -0.2) is 117 Å². The minimum atomic E-state index is -4.62. The SMILES string of the molecule is CCC(=O)n1c(O)cc([Si]2(C)O[Si](C)(c3cc(O)n(C(=O)CC)c3O)O[Si](C)(c3cc(O)n(C(=O)CC)c3O)O[Si](C)(c3cc(O)n(C(=O)CC)c3O)O2)c1O. The Morgan fingerprint density at radius 1 is 0.411 bits per heavy atom. The zero-order valence-electron chi connectivity index (χ0n) is 31.8. The summed E-state index contributed by atoms with van der Waals surface area (Å²) in [5, 5.41) is 88.8. The van der Waals surface area contributed by atoms with E-state index in [1.165, 1.54) is 53.9 Å². The summed E-state index contributed by atoms with van der Waals surface area (Å²) in [6, 6.07) is 4.01. The van der Waals surface area contributed by atoms with Crippen molar-refractivity contribution in [3.05, 3.63) is 24.3 Å². The van der Waals surface area contributed by atoms with Gasteiger partial charge in [0, 0.05) is 49.9 Å². The van der Waals surface area contributed by atoms with Crippen LogP contribution in [0, 0.1) is 0 Å². The van der Waals surface area contributed by atoms with Gasteiger partial charge in [-0.05, 0) is 26.2 Å². The molecule has 0 radical (unpaired) electrons. The Kier molecular flexibility index (Phi) is 10.8. The minimum Gasteiger partial charge on any atom is -0.494 e. The Balaban J connectivity index is 1.91. The van der Waals surface area contributed by atoms with Crippen LogP contribution in [0.15, 0.2) is 24.3 Å². The summed E-state index contributed by atoms with van der Waals surface area (Å²) >= 11 is 0. The van der Waals surface area contributed by atoms with Gasteiger partial charge in [0.05, 0.1) is 20.7 Å². The molecule has 1 fully saturated rings. The van der Waals surface area contributed by atoms with E-state index in [9.17, 15) is 60.0 Å². The number of hydrogen-bond donors (Lipinski definition) is 8. The molecule has 1 saturated heterocycles. The van der Waals surface area contributed by atoms with Gasteiger partial charge in [0.15, 0.2) is 0 Å². The van der Waals surface area contributed by atoms with E-state index in [-0.39, 0.29) is 46.4 Å². The van der Waals surface area contributed by atoms with Crippen LogP contribution in [0.25, 0.3) is 0 Å². The van der Waals surface area contributed by atoms with Gasteiger partial charge in [0.1, 0.15) is 0 Å². The molecule has 56 heavy (non-hydrogen) atoms. The molecule has 24 heteroatoms. The molecular weight excluding hydrogens is 809 g/mol. The summed E-state index contributed by atoms with van der Waals surface area (Å²) in [5.41, 5.74) is 0. The number of carbonyl (C=O) groups excluding carboxylic acids is 4. The molecule has 0 atom stereocenters. The van der Waals surface area contributed by atoms with Gasteiger partial charge in [-0.3, -0.25) is 19.2 Å². The first-order valence-electron chi connectivity index (χ1n) is 17.5. The quantitative estimate of drug-likeness (QED) is 0.115. The molecule has 0 aliphatic carbocycles. The third kappa shape index (κ3) is 6.55. The largest absolute Gasteiger partial charge is 0.494 e. The summed E-state index contributed by atoms with van der Waals surface area (Å²) in [6.07, 6.45) is -0.670. The summed E-state index contributed by atoms with van der Waals surface area (Å²) in [7, 11) is -18.5. The van der Waals surface area contributed by atoms with E-state index >= 15 is 0 Å². The third-order valence-electron chi connectivity index (χ3n) is 9.54. The molecule has 20 nitrogen and oxygen atoms in total. The zero-order chi connectivity index (χ0) is 42.0. The smallest absolute Gasteiger partial charge is 0.357 e. The number of aromatic hydroxyl groups is 8. The van der Waals surface area contributed by atoms with Gasteiger partial charge in [0.2, 0.25) is 70.7 Å². The summed E-state index contributed by atoms with van der Waals surface area (Å²) in [5.74, 6) is -9.08. The zero-order valence-corrected chi connectivity index (χ0v) is 35.8. The summed E-state index contributed by atoms with van der Waals surface area (Å²) in [6.45, 7) is 11.3. The fourth-order valence-electron chi connectivity index (χ4n) is 6.91. The molecule has 0 saturated carbocycles. The van der Waals surface area contributed by atoms with Crippen molar-refractivity contribution >= 4 is 78.6 Å². The van der Waals surface area contributed by atoms with Crippen LogP contribution >= 0.6 is 0 Å². The van der Waals surface area contributed by atoms with Crippen molar-refractivity contribution in [1.82, 2.24) is 18.3 Å². The normalized spacial score (nSPS) is 24.1. The first-order valence-corrected chi connectivity index (χ1v) is 26.7. The van der Waals surface area contributed by atoms with Crippen molar-refractivity contribution in [2.75, 3.05) is 0 Å². The van der Waals surface area contributed by atoms with E-state index in [0.717, 1.165) is 24.3 Å². The summed E-state index contributed by atoms with van der Waals surface area (Å²) in [4.78, 5) is 51.6. The molecule has 0 bridgehead atoms. The van der Waals surface area contributed by atoms with Crippen LogP contribution in [0.1, 0.15) is 72.6 Å². The van der Waals surface area contributed by atoms with Gasteiger partial charge in [-0.1, -0.05) is 27.7 Å². The highest BCUT2D eigenvalue weighted by Gasteiger charge is 2.63. The number of aromatic nitrogens is 4. The molecule has 1 aliphatic rings. The Bertz CT molecular complexity index is 1950. The fourth-order valence-corrected chi connectivity index (χ4v) is 28.1. The van der Waals surface area contributed by atoms with Crippen molar-refractivity contribution in [3.8, 4) is 47.0 Å². The van der Waals surface area contributed by atoms with Crippen molar-refractivity contribution in [3.63, 3.8) is 0 Å². The molecule has 0 unspecified atom stereocenters. The van der Waals surface area contributed by atoms with Crippen LogP contribution in [-0.2, 0) is 16.5 Å². The van der Waals surface area contributed by atoms with E-state index in [1.807, 2.05) is 0 Å². The molecule has 8 N–H and O–H groups in total. The lowest BCUT2D eigenvalue weighted by Crippen LogP contribution is -2.77. The molecule has 4 aromatic heterocycles. The number of hydrogen-bond acceptors (Lipinski definition) is 16. The maximum absolute atomic E-state index is 12.9. The third-order valence-corrected chi connectivity index (χ3v) is 27.4. The van der Waals surface area contributed by atoms with Gasteiger partial charge in [-0.2, -0.15) is 0 Å². The first kappa shape index (κ1) is 42.1. The van der Waals surface area contributed by atoms with E-state index in [2.05, 4.69) is 0 Å². The van der Waals surface area contributed by atoms with E-state index < -0.39 is 105 Å². The number of nitrogens with zero attached hydrogens (tertiary/aromatic N) is 4. The average Bonchev–Trinajstić information content (AvgIpc) is 3.81. The second kappa shape index (κ2) is 14.4.